The van der Waals surface area contributed by atoms with E-state index in [1.807, 2.05) is 32.3 Å². The van der Waals surface area contributed by atoms with Crippen molar-refractivity contribution in [1.82, 2.24) is 35.9 Å². The summed E-state index contributed by atoms with van der Waals surface area (Å²) in [7, 11) is 0. The lowest BCUT2D eigenvalue weighted by molar-refractivity contribution is -0.138. The molecule has 3 fully saturated rings. The van der Waals surface area contributed by atoms with Gasteiger partial charge in [0.1, 0.15) is 23.3 Å². The molecule has 3 aliphatic rings. The monoisotopic (exact) mass is 1160 g/mol. The molecule has 86 heavy (non-hydrogen) atoms. The summed E-state index contributed by atoms with van der Waals surface area (Å²) in [6.45, 7) is 32.5. The summed E-state index contributed by atoms with van der Waals surface area (Å²) in [6.07, 6.45) is 1.25. The molecule has 3 saturated heterocycles. The molecule has 12 rings (SSSR count). The van der Waals surface area contributed by atoms with E-state index in [4.69, 9.17) is 4.98 Å². The summed E-state index contributed by atoms with van der Waals surface area (Å²) >= 11 is 0. The highest BCUT2D eigenvalue weighted by Crippen LogP contribution is 2.38. The van der Waals surface area contributed by atoms with Crippen LogP contribution in [0.25, 0.3) is 32.3 Å². The summed E-state index contributed by atoms with van der Waals surface area (Å²) < 4.78 is 40.1. The first-order valence-electron chi connectivity index (χ1n) is 30.4. The van der Waals surface area contributed by atoms with Gasteiger partial charge >= 0.3 is 6.18 Å². The van der Waals surface area contributed by atoms with Crippen LogP contribution in [0.5, 0.6) is 0 Å². The van der Waals surface area contributed by atoms with E-state index in [2.05, 4.69) is 195 Å². The maximum Gasteiger partial charge on any atom is 0.416 e. The number of nitrogens with one attached hydrogen (secondary N) is 6. The molecule has 0 unspecified atom stereocenters. The lowest BCUT2D eigenvalue weighted by atomic mass is 9.97. The molecule has 0 bridgehead atoms. The number of anilines is 6. The molecule has 6 N–H and O–H groups in total. The van der Waals surface area contributed by atoms with Gasteiger partial charge in [0.05, 0.1) is 23.7 Å². The van der Waals surface area contributed by atoms with E-state index in [9.17, 15) is 13.2 Å². The zero-order valence-electron chi connectivity index (χ0n) is 51.6. The second-order valence-electron chi connectivity index (χ2n) is 23.4. The predicted octanol–water partition coefficient (Wildman–Crippen LogP) is 14.0. The Kier molecular flexibility index (Phi) is 19.2. The molecule has 0 saturated carbocycles. The normalized spacial score (nSPS) is 15.8. The van der Waals surface area contributed by atoms with E-state index in [0.29, 0.717) is 11.4 Å². The van der Waals surface area contributed by atoms with Gasteiger partial charge in [0.25, 0.3) is 0 Å². The number of rotatable bonds is 12. The molecule has 9 aromatic rings. The van der Waals surface area contributed by atoms with Crippen molar-refractivity contribution in [2.75, 3.05) is 109 Å². The van der Waals surface area contributed by atoms with E-state index >= 15 is 0 Å². The van der Waals surface area contributed by atoms with Gasteiger partial charge < -0.3 is 46.6 Å². The van der Waals surface area contributed by atoms with Crippen LogP contribution >= 0.6 is 0 Å². The largest absolute Gasteiger partial charge is 0.416 e. The molecule has 7 heterocycles. The minimum absolute atomic E-state index is 0.179. The number of pyridine rings is 4. The highest BCUT2D eigenvalue weighted by Gasteiger charge is 2.33. The number of halogens is 3. The molecular formula is C70H84F3N13. The molecule has 3 aliphatic heterocycles. The van der Waals surface area contributed by atoms with Crippen LogP contribution in [-0.2, 0) is 6.18 Å². The first-order chi connectivity index (χ1) is 41.4. The van der Waals surface area contributed by atoms with Crippen LogP contribution in [0.3, 0.4) is 0 Å². The SMILES string of the molecule is Cc1c([C@@H](C)Nc2ncc(C)c3ccc(N4CCNCC4)cc23)cccc1C(F)(F)F.Cc1cc2ccc(N3CCNCC3)cc2c(N[C@H](C)c2cccc(C)c2C)n1.Cc1cccc([C@@H](C)Nc2nccc3cnc(N4CCNCC4)cc23)c1C. The summed E-state index contributed by atoms with van der Waals surface area (Å²) in [5.74, 6) is 3.60. The van der Waals surface area contributed by atoms with Crippen molar-refractivity contribution in [2.45, 2.75) is 93.5 Å². The van der Waals surface area contributed by atoms with Crippen molar-refractivity contribution in [3.63, 3.8) is 0 Å². The Morgan fingerprint density at radius 2 is 0.930 bits per heavy atom. The Labute approximate surface area is 505 Å². The average Bonchev–Trinajstić information content (AvgIpc) is 1.82. The molecular weight excluding hydrogens is 1080 g/mol. The smallest absolute Gasteiger partial charge is 0.369 e. The number of nitrogens with zero attached hydrogens (tertiary/aromatic N) is 7. The number of fused-ring (bicyclic) bond motifs is 3. The highest BCUT2D eigenvalue weighted by molar-refractivity contribution is 5.97. The third-order valence-corrected chi connectivity index (χ3v) is 17.5. The molecule has 0 radical (unpaired) electrons. The van der Waals surface area contributed by atoms with Gasteiger partial charge in [-0.1, -0.05) is 60.7 Å². The van der Waals surface area contributed by atoms with Crippen molar-refractivity contribution in [2.24, 2.45) is 0 Å². The van der Waals surface area contributed by atoms with E-state index in [0.717, 1.165) is 141 Å². The standard InChI is InChI=1S/C24H27F3N4.C24H30N4.C22H27N5/c1-15-14-29-23(21-13-18(7-8-19(15)21)31-11-9-28-10-12-31)30-17(3)20-5-4-6-22(16(20)2)24(25,26)27;1-16-6-5-7-22(18(16)3)19(4)27-24-23-15-21(28-12-10-25-11-13-28)9-8-20(23)14-17(2)26-24;1-15-5-4-6-19(16(15)2)17(3)26-22-20-13-21(27-11-9-23-10-12-27)25-14-18(20)7-8-24-22/h4-8,13-14,17,28H,9-12H2,1-3H3,(H,29,30);5-9,14-15,19,25H,10-13H2,1-4H3,(H,26,27);4-8,13-14,17,23H,9-12H2,1-3H3,(H,24,26)/t17-;19-;17-/m111/s1. The second kappa shape index (κ2) is 27.1. The van der Waals surface area contributed by atoms with E-state index in [1.54, 1.807) is 12.3 Å². The number of alkyl halides is 3. The molecule has 5 aromatic carbocycles. The number of hydrogen-bond acceptors (Lipinski definition) is 13. The van der Waals surface area contributed by atoms with Crippen LogP contribution in [0, 0.1) is 48.5 Å². The zero-order valence-corrected chi connectivity index (χ0v) is 51.6. The molecule has 13 nitrogen and oxygen atoms in total. The Hall–Kier alpha value is -8.05. The van der Waals surface area contributed by atoms with Gasteiger partial charge in [-0.3, -0.25) is 0 Å². The molecule has 0 aliphatic carbocycles. The van der Waals surface area contributed by atoms with Crippen LogP contribution in [0.15, 0.2) is 128 Å². The first kappa shape index (κ1) is 61.1. The maximum absolute atomic E-state index is 13.4. The lowest BCUT2D eigenvalue weighted by Gasteiger charge is -2.30. The molecule has 4 aromatic heterocycles. The van der Waals surface area contributed by atoms with Crippen molar-refractivity contribution in [1.29, 1.82) is 0 Å². The van der Waals surface area contributed by atoms with Gasteiger partial charge in [-0.15, -0.1) is 0 Å². The van der Waals surface area contributed by atoms with Gasteiger partial charge in [0, 0.05) is 136 Å². The Morgan fingerprint density at radius 3 is 1.50 bits per heavy atom. The summed E-state index contributed by atoms with van der Waals surface area (Å²) in [4.78, 5) is 25.9. The fourth-order valence-electron chi connectivity index (χ4n) is 12.2. The van der Waals surface area contributed by atoms with Crippen molar-refractivity contribution < 1.29 is 13.2 Å². The van der Waals surface area contributed by atoms with Gasteiger partial charge in [0.15, 0.2) is 0 Å². The van der Waals surface area contributed by atoms with Gasteiger partial charge in [0.2, 0.25) is 0 Å². The fourth-order valence-corrected chi connectivity index (χ4v) is 12.2. The summed E-state index contributed by atoms with van der Waals surface area (Å²) in [5.41, 5.74) is 12.7. The molecule has 0 spiro atoms. The van der Waals surface area contributed by atoms with E-state index in [1.165, 1.54) is 62.8 Å². The molecule has 0 amide bonds. The highest BCUT2D eigenvalue weighted by atomic mass is 19.4. The first-order valence-corrected chi connectivity index (χ1v) is 30.4. The molecule has 16 heteroatoms. The third kappa shape index (κ3) is 14.1. The Morgan fingerprint density at radius 1 is 0.442 bits per heavy atom. The Bertz CT molecular complexity index is 3810. The summed E-state index contributed by atoms with van der Waals surface area (Å²) in [6, 6.07) is 36.9. The van der Waals surface area contributed by atoms with Crippen LogP contribution in [0.2, 0.25) is 0 Å². The van der Waals surface area contributed by atoms with Crippen molar-refractivity contribution in [3.8, 4) is 0 Å². The summed E-state index contributed by atoms with van der Waals surface area (Å²) in [5, 5.41) is 27.6. The minimum atomic E-state index is -4.37. The van der Waals surface area contributed by atoms with Crippen LogP contribution in [0.4, 0.5) is 47.8 Å². The lowest BCUT2D eigenvalue weighted by Crippen LogP contribution is -2.43. The number of hydrogen-bond donors (Lipinski definition) is 6. The average molecular weight is 1160 g/mol. The Balaban J connectivity index is 0.000000143. The zero-order chi connectivity index (χ0) is 60.6. The van der Waals surface area contributed by atoms with Crippen LogP contribution in [-0.4, -0.2) is 98.5 Å². The van der Waals surface area contributed by atoms with Gasteiger partial charge in [-0.25, -0.2) is 19.9 Å². The minimum Gasteiger partial charge on any atom is -0.369 e. The quantitative estimate of drug-likeness (QED) is 0.0694. The topological polar surface area (TPSA) is 133 Å². The van der Waals surface area contributed by atoms with Gasteiger partial charge in [-0.2, -0.15) is 13.2 Å². The second-order valence-corrected chi connectivity index (χ2v) is 23.4. The number of aromatic nitrogens is 4. The van der Waals surface area contributed by atoms with E-state index in [-0.39, 0.29) is 23.7 Å². The van der Waals surface area contributed by atoms with E-state index < -0.39 is 11.7 Å². The van der Waals surface area contributed by atoms with Crippen molar-refractivity contribution >= 4 is 67.0 Å². The maximum atomic E-state index is 13.4. The van der Waals surface area contributed by atoms with Gasteiger partial charge in [-0.05, 0) is 179 Å². The predicted molar refractivity (Wildman–Crippen MR) is 352 cm³/mol. The molecule has 3 atom stereocenters. The number of benzene rings is 5. The third-order valence-electron chi connectivity index (χ3n) is 17.5. The van der Waals surface area contributed by atoms with Crippen LogP contribution < -0.4 is 46.6 Å². The number of aryl methyl sites for hydroxylation is 4. The van der Waals surface area contributed by atoms with Crippen molar-refractivity contribution in [3.05, 3.63) is 189 Å². The number of piperazine rings is 3. The fraction of sp³-hybridized carbons (Fsp3) is 0.371. The molecule has 450 valence electrons. The van der Waals surface area contributed by atoms with Crippen LogP contribution in [0.1, 0.15) is 100 Å².